The Kier molecular flexibility index (Phi) is 3.58. The van der Waals surface area contributed by atoms with Crippen LogP contribution in [0.15, 0.2) is 36.4 Å². The average molecular weight is 281 g/mol. The topological polar surface area (TPSA) is 70.8 Å². The lowest BCUT2D eigenvalue weighted by atomic mass is 10.0. The number of hydrogen-bond donors (Lipinski definition) is 2. The van der Waals surface area contributed by atoms with Crippen molar-refractivity contribution in [2.24, 2.45) is 5.73 Å². The number of nitrogens with two attached hydrogens (primary N) is 1. The molecular formula is C16H19N5. The summed E-state index contributed by atoms with van der Waals surface area (Å²) >= 11 is 0. The maximum atomic E-state index is 5.69. The van der Waals surface area contributed by atoms with Gasteiger partial charge in [0, 0.05) is 19.7 Å². The molecule has 3 N–H and O–H groups in total. The van der Waals surface area contributed by atoms with Crippen LogP contribution in [0.25, 0.3) is 22.6 Å². The van der Waals surface area contributed by atoms with Crippen molar-refractivity contribution < 1.29 is 0 Å². The van der Waals surface area contributed by atoms with Crippen LogP contribution < -0.4 is 10.6 Å². The molecule has 0 spiro atoms. The normalized spacial score (nSPS) is 11.0. The Balaban J connectivity index is 2.09. The van der Waals surface area contributed by atoms with Crippen LogP contribution >= 0.6 is 0 Å². The summed E-state index contributed by atoms with van der Waals surface area (Å²) in [4.78, 5) is 14.5. The molecule has 2 aromatic heterocycles. The quantitative estimate of drug-likeness (QED) is 0.769. The van der Waals surface area contributed by atoms with Gasteiger partial charge in [-0.05, 0) is 30.7 Å². The fourth-order valence-electron chi connectivity index (χ4n) is 2.38. The van der Waals surface area contributed by atoms with Crippen LogP contribution in [0, 0.1) is 0 Å². The molecule has 1 aromatic carbocycles. The van der Waals surface area contributed by atoms with Crippen molar-refractivity contribution in [2.45, 2.75) is 6.42 Å². The standard InChI is InChI=1S/C16H19N5/c1-21(2)14-8-7-13-16(19-14)20-15(18-13)12-6-4-3-5-11(12)9-10-17/h3-8H,9-10,17H2,1-2H3,(H,18,19,20). The molecule has 108 valence electrons. The largest absolute Gasteiger partial charge is 0.363 e. The first-order chi connectivity index (χ1) is 10.2. The summed E-state index contributed by atoms with van der Waals surface area (Å²) in [6.07, 6.45) is 0.837. The number of anilines is 1. The van der Waals surface area contributed by atoms with Gasteiger partial charge in [0.25, 0.3) is 0 Å². The van der Waals surface area contributed by atoms with Gasteiger partial charge in [0.2, 0.25) is 0 Å². The molecule has 0 saturated heterocycles. The molecule has 0 radical (unpaired) electrons. The van der Waals surface area contributed by atoms with Crippen LogP contribution in [-0.4, -0.2) is 35.6 Å². The van der Waals surface area contributed by atoms with E-state index in [-0.39, 0.29) is 0 Å². The van der Waals surface area contributed by atoms with Crippen LogP contribution in [-0.2, 0) is 6.42 Å². The average Bonchev–Trinajstić information content (AvgIpc) is 2.90. The number of fused-ring (bicyclic) bond motifs is 1. The van der Waals surface area contributed by atoms with Gasteiger partial charge in [-0.15, -0.1) is 0 Å². The molecule has 21 heavy (non-hydrogen) atoms. The number of nitrogens with one attached hydrogen (secondary N) is 1. The summed E-state index contributed by atoms with van der Waals surface area (Å²) in [5.41, 5.74) is 9.66. The Bertz CT molecular complexity index is 760. The highest BCUT2D eigenvalue weighted by atomic mass is 15.1. The summed E-state index contributed by atoms with van der Waals surface area (Å²) in [6, 6.07) is 12.2. The predicted molar refractivity (Wildman–Crippen MR) is 86.4 cm³/mol. The molecule has 2 heterocycles. The third-order valence-corrected chi connectivity index (χ3v) is 3.48. The molecule has 0 fully saturated rings. The van der Waals surface area contributed by atoms with Crippen molar-refractivity contribution in [1.29, 1.82) is 0 Å². The second-order valence-corrected chi connectivity index (χ2v) is 5.22. The van der Waals surface area contributed by atoms with Crippen molar-refractivity contribution in [3.8, 4) is 11.4 Å². The molecule has 0 aliphatic rings. The van der Waals surface area contributed by atoms with Crippen molar-refractivity contribution in [1.82, 2.24) is 15.0 Å². The van der Waals surface area contributed by atoms with E-state index < -0.39 is 0 Å². The molecule has 0 aliphatic heterocycles. The van der Waals surface area contributed by atoms with E-state index in [1.165, 1.54) is 5.56 Å². The van der Waals surface area contributed by atoms with E-state index in [0.29, 0.717) is 6.54 Å². The molecule has 0 amide bonds. The van der Waals surface area contributed by atoms with E-state index in [9.17, 15) is 0 Å². The van der Waals surface area contributed by atoms with Crippen LogP contribution in [0.3, 0.4) is 0 Å². The SMILES string of the molecule is CN(C)c1ccc2[nH]c(-c3ccccc3CCN)nc2n1. The van der Waals surface area contributed by atoms with E-state index in [2.05, 4.69) is 27.1 Å². The maximum absolute atomic E-state index is 5.69. The summed E-state index contributed by atoms with van der Waals surface area (Å²) in [6.45, 7) is 0.625. The minimum atomic E-state index is 0.625. The molecule has 0 saturated carbocycles. The number of nitrogens with zero attached hydrogens (tertiary/aromatic N) is 3. The number of H-pyrrole nitrogens is 1. The second-order valence-electron chi connectivity index (χ2n) is 5.22. The van der Waals surface area contributed by atoms with E-state index in [4.69, 9.17) is 5.73 Å². The fraction of sp³-hybridized carbons (Fsp3) is 0.250. The molecule has 0 bridgehead atoms. The first-order valence-corrected chi connectivity index (χ1v) is 7.01. The van der Waals surface area contributed by atoms with Gasteiger partial charge in [-0.3, -0.25) is 0 Å². The minimum absolute atomic E-state index is 0.625. The monoisotopic (exact) mass is 281 g/mol. The first-order valence-electron chi connectivity index (χ1n) is 7.01. The van der Waals surface area contributed by atoms with Crippen LogP contribution in [0.4, 0.5) is 5.82 Å². The number of aromatic nitrogens is 3. The Labute approximate surface area is 123 Å². The number of rotatable bonds is 4. The van der Waals surface area contributed by atoms with E-state index >= 15 is 0 Å². The van der Waals surface area contributed by atoms with Crippen LogP contribution in [0.2, 0.25) is 0 Å². The molecule has 3 rings (SSSR count). The summed E-state index contributed by atoms with van der Waals surface area (Å²) in [5, 5.41) is 0. The molecule has 5 nitrogen and oxygen atoms in total. The Hall–Kier alpha value is -2.40. The van der Waals surface area contributed by atoms with Crippen molar-refractivity contribution in [3.05, 3.63) is 42.0 Å². The van der Waals surface area contributed by atoms with E-state index in [0.717, 1.165) is 34.8 Å². The Morgan fingerprint density at radius 2 is 1.90 bits per heavy atom. The van der Waals surface area contributed by atoms with Crippen molar-refractivity contribution >= 4 is 17.0 Å². The second kappa shape index (κ2) is 5.54. The highest BCUT2D eigenvalue weighted by Gasteiger charge is 2.10. The lowest BCUT2D eigenvalue weighted by Gasteiger charge is -2.09. The van der Waals surface area contributed by atoms with Gasteiger partial charge in [0.05, 0.1) is 5.52 Å². The van der Waals surface area contributed by atoms with Crippen molar-refractivity contribution in [3.63, 3.8) is 0 Å². The molecule has 0 aliphatic carbocycles. The third kappa shape index (κ3) is 2.60. The Morgan fingerprint density at radius 1 is 1.10 bits per heavy atom. The molecule has 5 heteroatoms. The lowest BCUT2D eigenvalue weighted by Crippen LogP contribution is -2.10. The first kappa shape index (κ1) is 13.6. The van der Waals surface area contributed by atoms with Gasteiger partial charge in [-0.1, -0.05) is 24.3 Å². The van der Waals surface area contributed by atoms with Crippen LogP contribution in [0.5, 0.6) is 0 Å². The van der Waals surface area contributed by atoms with Gasteiger partial charge in [-0.2, -0.15) is 0 Å². The molecule has 0 unspecified atom stereocenters. The van der Waals surface area contributed by atoms with Gasteiger partial charge in [0.1, 0.15) is 11.6 Å². The van der Waals surface area contributed by atoms with Crippen LogP contribution in [0.1, 0.15) is 5.56 Å². The maximum Gasteiger partial charge on any atom is 0.180 e. The summed E-state index contributed by atoms with van der Waals surface area (Å²) in [5.74, 6) is 1.74. The zero-order chi connectivity index (χ0) is 14.8. The number of benzene rings is 1. The van der Waals surface area contributed by atoms with Gasteiger partial charge in [-0.25, -0.2) is 9.97 Å². The molecule has 3 aromatic rings. The smallest absolute Gasteiger partial charge is 0.180 e. The highest BCUT2D eigenvalue weighted by Crippen LogP contribution is 2.24. The summed E-state index contributed by atoms with van der Waals surface area (Å²) < 4.78 is 0. The van der Waals surface area contributed by atoms with Gasteiger partial charge < -0.3 is 15.6 Å². The Morgan fingerprint density at radius 3 is 2.67 bits per heavy atom. The highest BCUT2D eigenvalue weighted by molar-refractivity contribution is 5.78. The summed E-state index contributed by atoms with van der Waals surface area (Å²) in [7, 11) is 3.94. The number of aromatic amines is 1. The minimum Gasteiger partial charge on any atom is -0.363 e. The predicted octanol–water partition coefficient (Wildman–Crippen LogP) is 2.19. The van der Waals surface area contributed by atoms with Crippen molar-refractivity contribution in [2.75, 3.05) is 25.5 Å². The third-order valence-electron chi connectivity index (χ3n) is 3.48. The molecular weight excluding hydrogens is 262 g/mol. The fourth-order valence-corrected chi connectivity index (χ4v) is 2.38. The lowest BCUT2D eigenvalue weighted by molar-refractivity contribution is 0.968. The molecule has 0 atom stereocenters. The van der Waals surface area contributed by atoms with E-state index in [1.807, 2.05) is 43.3 Å². The van der Waals surface area contributed by atoms with Gasteiger partial charge >= 0.3 is 0 Å². The number of imidazole rings is 1. The number of pyridine rings is 1. The zero-order valence-electron chi connectivity index (χ0n) is 12.3. The number of hydrogen-bond acceptors (Lipinski definition) is 4. The zero-order valence-corrected chi connectivity index (χ0v) is 12.3. The van der Waals surface area contributed by atoms with E-state index in [1.54, 1.807) is 0 Å². The van der Waals surface area contributed by atoms with Gasteiger partial charge in [0.15, 0.2) is 5.65 Å².